The normalized spacial score (nSPS) is 34.9. The van der Waals surface area contributed by atoms with Crippen molar-refractivity contribution in [1.29, 1.82) is 5.41 Å². The van der Waals surface area contributed by atoms with E-state index in [-0.39, 0.29) is 30.8 Å². The molecular formula is C10H13N3O4. The highest BCUT2D eigenvalue weighted by atomic mass is 16.6. The first-order valence-corrected chi connectivity index (χ1v) is 5.41. The summed E-state index contributed by atoms with van der Waals surface area (Å²) in [6, 6.07) is 1.83. The van der Waals surface area contributed by atoms with Crippen LogP contribution in [0.1, 0.15) is 6.23 Å². The topological polar surface area (TPSA) is 101 Å². The molecule has 92 valence electrons. The molecule has 3 N–H and O–H groups in total. The molecule has 4 atom stereocenters. The number of nitrogens with one attached hydrogen (secondary N) is 1. The van der Waals surface area contributed by atoms with E-state index >= 15 is 0 Å². The van der Waals surface area contributed by atoms with Gasteiger partial charge in [-0.05, 0) is 6.07 Å². The first-order chi connectivity index (χ1) is 8.20. The molecule has 7 heteroatoms. The number of fused-ring (bicyclic) bond motifs is 3. The lowest BCUT2D eigenvalue weighted by molar-refractivity contribution is -0.0590. The van der Waals surface area contributed by atoms with E-state index in [4.69, 9.17) is 20.0 Å². The summed E-state index contributed by atoms with van der Waals surface area (Å²) in [6.07, 6.45) is -0.0865. The molecule has 3 rings (SSSR count). The number of rotatable bonds is 1. The van der Waals surface area contributed by atoms with E-state index in [9.17, 15) is 5.11 Å². The average Bonchev–Trinajstić information content (AvgIpc) is 2.66. The molecule has 0 amide bonds. The number of aromatic nitrogens is 2. The third kappa shape index (κ3) is 1.54. The molecule has 0 aromatic carbocycles. The van der Waals surface area contributed by atoms with Gasteiger partial charge >= 0.3 is 0 Å². The highest BCUT2D eigenvalue weighted by Crippen LogP contribution is 2.39. The molecule has 0 bridgehead atoms. The van der Waals surface area contributed by atoms with Crippen molar-refractivity contribution >= 4 is 0 Å². The summed E-state index contributed by atoms with van der Waals surface area (Å²) >= 11 is 0. The van der Waals surface area contributed by atoms with Crippen molar-refractivity contribution in [2.75, 3.05) is 13.2 Å². The van der Waals surface area contributed by atoms with Crippen LogP contribution in [0.2, 0.25) is 0 Å². The van der Waals surface area contributed by atoms with Crippen molar-refractivity contribution in [3.63, 3.8) is 0 Å². The Kier molecular flexibility index (Phi) is 2.39. The second-order valence-electron chi connectivity index (χ2n) is 4.22. The molecule has 0 radical (unpaired) electrons. The third-order valence-electron chi connectivity index (χ3n) is 3.19. The molecular weight excluding hydrogens is 226 g/mol. The fourth-order valence-corrected chi connectivity index (χ4v) is 2.29. The number of nitrogens with zero attached hydrogens (tertiary/aromatic N) is 2. The molecule has 2 aliphatic rings. The molecule has 0 spiro atoms. The van der Waals surface area contributed by atoms with Crippen LogP contribution in [0.25, 0.3) is 0 Å². The minimum atomic E-state index is -0.749. The van der Waals surface area contributed by atoms with E-state index in [2.05, 4.69) is 4.98 Å². The highest BCUT2D eigenvalue weighted by Gasteiger charge is 2.47. The Morgan fingerprint density at radius 3 is 3.18 bits per heavy atom. The fraction of sp³-hybridized carbons (Fsp3) is 0.600. The van der Waals surface area contributed by atoms with Crippen LogP contribution in [0.3, 0.4) is 0 Å². The van der Waals surface area contributed by atoms with Gasteiger partial charge < -0.3 is 19.7 Å². The molecule has 0 aliphatic carbocycles. The molecule has 3 heterocycles. The molecule has 7 nitrogen and oxygen atoms in total. The van der Waals surface area contributed by atoms with E-state index in [1.165, 1.54) is 6.07 Å². The number of hydrogen-bond acceptors (Lipinski definition) is 6. The molecule has 1 fully saturated rings. The van der Waals surface area contributed by atoms with Gasteiger partial charge in [-0.25, -0.2) is 0 Å². The zero-order chi connectivity index (χ0) is 12.0. The SMILES string of the molecule is N=c1ccn2c(n1)OCC1C(O)C(CO)OC12. The van der Waals surface area contributed by atoms with Crippen molar-refractivity contribution in [3.05, 3.63) is 17.8 Å². The molecule has 2 aliphatic heterocycles. The number of hydrogen-bond donors (Lipinski definition) is 3. The van der Waals surface area contributed by atoms with Gasteiger partial charge in [0.2, 0.25) is 0 Å². The van der Waals surface area contributed by atoms with Crippen LogP contribution in [0.15, 0.2) is 12.3 Å². The first kappa shape index (κ1) is 10.7. The summed E-state index contributed by atoms with van der Waals surface area (Å²) in [5, 5.41) is 26.4. The van der Waals surface area contributed by atoms with Crippen molar-refractivity contribution in [1.82, 2.24) is 9.55 Å². The number of aliphatic hydroxyl groups is 2. The summed E-state index contributed by atoms with van der Waals surface area (Å²) in [4.78, 5) is 3.93. The van der Waals surface area contributed by atoms with Gasteiger partial charge in [-0.2, -0.15) is 4.98 Å². The van der Waals surface area contributed by atoms with Gasteiger partial charge in [0, 0.05) is 6.20 Å². The van der Waals surface area contributed by atoms with Crippen LogP contribution in [0, 0.1) is 11.3 Å². The third-order valence-corrected chi connectivity index (χ3v) is 3.19. The Hall–Kier alpha value is -1.44. The van der Waals surface area contributed by atoms with Crippen molar-refractivity contribution < 1.29 is 19.7 Å². The first-order valence-electron chi connectivity index (χ1n) is 5.41. The van der Waals surface area contributed by atoms with Crippen LogP contribution < -0.4 is 10.2 Å². The lowest BCUT2D eigenvalue weighted by atomic mass is 10.00. The standard InChI is InChI=1S/C10H13N3O4/c11-7-1-2-13-9-5(4-16-10(13)12-7)8(15)6(3-14)17-9/h1-2,5-6,8-9,11,14-15H,3-4H2. The van der Waals surface area contributed by atoms with Crippen molar-refractivity contribution in [2.45, 2.75) is 18.4 Å². The predicted molar refractivity (Wildman–Crippen MR) is 54.1 cm³/mol. The van der Waals surface area contributed by atoms with E-state index < -0.39 is 12.2 Å². The van der Waals surface area contributed by atoms with E-state index in [0.29, 0.717) is 6.01 Å². The van der Waals surface area contributed by atoms with Crippen LogP contribution in [0.5, 0.6) is 6.01 Å². The van der Waals surface area contributed by atoms with Crippen molar-refractivity contribution in [3.8, 4) is 6.01 Å². The highest BCUT2D eigenvalue weighted by molar-refractivity contribution is 5.06. The van der Waals surface area contributed by atoms with Crippen LogP contribution in [0.4, 0.5) is 0 Å². The van der Waals surface area contributed by atoms with E-state index in [1.54, 1.807) is 10.8 Å². The maximum atomic E-state index is 9.93. The average molecular weight is 239 g/mol. The lowest BCUT2D eigenvalue weighted by Crippen LogP contribution is -2.36. The maximum absolute atomic E-state index is 9.93. The smallest absolute Gasteiger partial charge is 0.300 e. The summed E-state index contributed by atoms with van der Waals surface area (Å²) in [7, 11) is 0. The predicted octanol–water partition coefficient (Wildman–Crippen LogP) is -1.38. The zero-order valence-electron chi connectivity index (χ0n) is 8.98. The van der Waals surface area contributed by atoms with Gasteiger partial charge in [0.15, 0.2) is 5.49 Å². The van der Waals surface area contributed by atoms with Gasteiger partial charge in [-0.15, -0.1) is 0 Å². The molecule has 4 unspecified atom stereocenters. The Labute approximate surface area is 96.8 Å². The minimum Gasteiger partial charge on any atom is -0.464 e. The van der Waals surface area contributed by atoms with Gasteiger partial charge in [0.25, 0.3) is 6.01 Å². The lowest BCUT2D eigenvalue weighted by Gasteiger charge is -2.29. The number of ether oxygens (including phenoxy) is 2. The zero-order valence-corrected chi connectivity index (χ0v) is 8.98. The molecule has 1 aromatic heterocycles. The molecule has 17 heavy (non-hydrogen) atoms. The van der Waals surface area contributed by atoms with Gasteiger partial charge in [-0.1, -0.05) is 0 Å². The second kappa shape index (κ2) is 3.80. The van der Waals surface area contributed by atoms with E-state index in [1.807, 2.05) is 0 Å². The maximum Gasteiger partial charge on any atom is 0.300 e. The second-order valence-corrected chi connectivity index (χ2v) is 4.22. The minimum absolute atomic E-state index is 0.118. The largest absolute Gasteiger partial charge is 0.464 e. The molecule has 1 aromatic rings. The molecule has 1 saturated heterocycles. The van der Waals surface area contributed by atoms with E-state index in [0.717, 1.165) is 0 Å². The summed E-state index contributed by atoms with van der Waals surface area (Å²) in [5.74, 6) is -0.219. The fourth-order valence-electron chi connectivity index (χ4n) is 2.29. The summed E-state index contributed by atoms with van der Waals surface area (Å²) in [5.41, 5.74) is 0.118. The van der Waals surface area contributed by atoms with Crippen LogP contribution in [-0.2, 0) is 4.74 Å². The Morgan fingerprint density at radius 1 is 1.59 bits per heavy atom. The Morgan fingerprint density at radius 2 is 2.41 bits per heavy atom. The van der Waals surface area contributed by atoms with Crippen LogP contribution in [-0.4, -0.2) is 45.2 Å². The quantitative estimate of drug-likeness (QED) is 0.561. The van der Waals surface area contributed by atoms with Gasteiger partial charge in [0.05, 0.1) is 18.6 Å². The van der Waals surface area contributed by atoms with Gasteiger partial charge in [-0.3, -0.25) is 9.98 Å². The Balaban J connectivity index is 1.99. The molecule has 0 saturated carbocycles. The monoisotopic (exact) mass is 239 g/mol. The Bertz CT molecular complexity index is 489. The number of aliphatic hydroxyl groups excluding tert-OH is 2. The van der Waals surface area contributed by atoms with Crippen molar-refractivity contribution in [2.24, 2.45) is 5.92 Å². The van der Waals surface area contributed by atoms with Crippen LogP contribution >= 0.6 is 0 Å². The summed E-state index contributed by atoms with van der Waals surface area (Å²) in [6.45, 7) is 0.0484. The van der Waals surface area contributed by atoms with Gasteiger partial charge in [0.1, 0.15) is 18.9 Å². The summed E-state index contributed by atoms with van der Waals surface area (Å²) < 4.78 is 12.6.